The summed E-state index contributed by atoms with van der Waals surface area (Å²) in [7, 11) is 1.99. The highest BCUT2D eigenvalue weighted by Gasteiger charge is 2.28. The van der Waals surface area contributed by atoms with Crippen molar-refractivity contribution in [2.45, 2.75) is 44.6 Å². The van der Waals surface area contributed by atoms with Crippen LogP contribution < -0.4 is 0 Å². The Balaban J connectivity index is 1.28. The molecule has 1 N–H and O–H groups in total. The minimum Gasteiger partial charge on any atom is -0.346 e. The molecule has 28 heavy (non-hydrogen) atoms. The van der Waals surface area contributed by atoms with Crippen molar-refractivity contribution in [2.24, 2.45) is 7.05 Å². The molecule has 0 radical (unpaired) electrons. The Hall–Kier alpha value is -2.41. The molecule has 5 rings (SSSR count). The number of pyridine rings is 1. The molecular weight excluding hydrogens is 352 g/mol. The number of aromatic nitrogens is 4. The van der Waals surface area contributed by atoms with Gasteiger partial charge in [0.2, 0.25) is 5.91 Å². The number of imidazole rings is 1. The number of H-pyrrole nitrogens is 1. The van der Waals surface area contributed by atoms with Crippen LogP contribution in [0.2, 0.25) is 0 Å². The molecule has 0 atom stereocenters. The van der Waals surface area contributed by atoms with Crippen molar-refractivity contribution in [3.8, 4) is 0 Å². The Bertz CT molecular complexity index is 991. The van der Waals surface area contributed by atoms with Gasteiger partial charge in [-0.15, -0.1) is 0 Å². The van der Waals surface area contributed by atoms with Gasteiger partial charge < -0.3 is 19.4 Å². The molecule has 5 heterocycles. The molecule has 2 aliphatic rings. The lowest BCUT2D eigenvalue weighted by Crippen LogP contribution is -2.48. The highest BCUT2D eigenvalue weighted by molar-refractivity contribution is 6.01. The van der Waals surface area contributed by atoms with Gasteiger partial charge in [0.1, 0.15) is 17.0 Å². The Kier molecular flexibility index (Phi) is 4.55. The fraction of sp³-hybridized carbons (Fsp3) is 0.571. The lowest BCUT2D eigenvalue weighted by molar-refractivity contribution is -0.132. The number of amides is 1. The summed E-state index contributed by atoms with van der Waals surface area (Å²) in [6.07, 6.45) is 10.3. The van der Waals surface area contributed by atoms with E-state index in [-0.39, 0.29) is 5.91 Å². The number of aryl methyl sites for hydroxylation is 1. The molecule has 0 bridgehead atoms. The van der Waals surface area contributed by atoms with E-state index in [1.165, 1.54) is 32.4 Å². The van der Waals surface area contributed by atoms with Gasteiger partial charge in [-0.2, -0.15) is 0 Å². The molecule has 7 nitrogen and oxygen atoms in total. The summed E-state index contributed by atoms with van der Waals surface area (Å²) in [5.41, 5.74) is 2.74. The van der Waals surface area contributed by atoms with Crippen molar-refractivity contribution in [1.29, 1.82) is 0 Å². The van der Waals surface area contributed by atoms with Crippen LogP contribution in [0.15, 0.2) is 18.5 Å². The molecule has 2 fully saturated rings. The monoisotopic (exact) mass is 380 g/mol. The summed E-state index contributed by atoms with van der Waals surface area (Å²) in [4.78, 5) is 29.9. The largest absolute Gasteiger partial charge is 0.346 e. The van der Waals surface area contributed by atoms with Crippen molar-refractivity contribution in [1.82, 2.24) is 29.3 Å². The standard InChI is InChI=1S/C21H28N6O/c1-25-18(24-17-14-23-21-16(20(17)25)5-8-22-21)13-19(28)27-11-6-15(7-12-27)26-9-3-2-4-10-26/h5,8,14-15H,2-4,6-7,9-13H2,1H3,(H,22,23). The van der Waals surface area contributed by atoms with E-state index >= 15 is 0 Å². The van der Waals surface area contributed by atoms with Crippen LogP contribution in [0.4, 0.5) is 0 Å². The number of likely N-dealkylation sites (tertiary alicyclic amines) is 2. The number of piperidine rings is 2. The van der Waals surface area contributed by atoms with E-state index in [0.717, 1.165) is 53.8 Å². The number of nitrogens with one attached hydrogen (secondary N) is 1. The zero-order valence-corrected chi connectivity index (χ0v) is 16.5. The highest BCUT2D eigenvalue weighted by Crippen LogP contribution is 2.24. The van der Waals surface area contributed by atoms with Crippen molar-refractivity contribution >= 4 is 28.0 Å². The molecule has 2 saturated heterocycles. The summed E-state index contributed by atoms with van der Waals surface area (Å²) < 4.78 is 2.05. The van der Waals surface area contributed by atoms with Gasteiger partial charge in [-0.25, -0.2) is 9.97 Å². The number of hydrogen-bond acceptors (Lipinski definition) is 4. The van der Waals surface area contributed by atoms with Crippen LogP contribution in [0.3, 0.4) is 0 Å². The molecule has 0 saturated carbocycles. The zero-order chi connectivity index (χ0) is 19.1. The van der Waals surface area contributed by atoms with Crippen LogP contribution in [0.5, 0.6) is 0 Å². The number of fused-ring (bicyclic) bond motifs is 3. The molecule has 3 aromatic heterocycles. The maximum atomic E-state index is 12.9. The second kappa shape index (κ2) is 7.20. The normalized spacial score (nSPS) is 19.7. The second-order valence-electron chi connectivity index (χ2n) is 8.20. The lowest BCUT2D eigenvalue weighted by Gasteiger charge is -2.40. The molecule has 0 unspecified atom stereocenters. The van der Waals surface area contributed by atoms with Crippen LogP contribution >= 0.6 is 0 Å². The Morgan fingerprint density at radius 1 is 1.18 bits per heavy atom. The summed E-state index contributed by atoms with van der Waals surface area (Å²) in [6.45, 7) is 4.21. The third-order valence-electron chi connectivity index (χ3n) is 6.54. The molecule has 3 aromatic rings. The van der Waals surface area contributed by atoms with Gasteiger partial charge in [-0.3, -0.25) is 4.79 Å². The first-order valence-corrected chi connectivity index (χ1v) is 10.5. The topological polar surface area (TPSA) is 70.1 Å². The summed E-state index contributed by atoms with van der Waals surface area (Å²) >= 11 is 0. The van der Waals surface area contributed by atoms with E-state index in [2.05, 4.69) is 14.9 Å². The Labute approximate surface area is 164 Å². The summed E-state index contributed by atoms with van der Waals surface area (Å²) in [5, 5.41) is 1.05. The fourth-order valence-corrected chi connectivity index (χ4v) is 4.93. The van der Waals surface area contributed by atoms with Crippen LogP contribution in [0, 0.1) is 0 Å². The molecule has 7 heteroatoms. The van der Waals surface area contributed by atoms with Gasteiger partial charge in [0.25, 0.3) is 0 Å². The van der Waals surface area contributed by atoms with Crippen LogP contribution in [0.1, 0.15) is 37.9 Å². The molecule has 1 amide bonds. The molecule has 0 spiro atoms. The van der Waals surface area contributed by atoms with E-state index < -0.39 is 0 Å². The minimum absolute atomic E-state index is 0.189. The van der Waals surface area contributed by atoms with E-state index in [1.54, 1.807) is 6.20 Å². The number of carbonyl (C=O) groups is 1. The van der Waals surface area contributed by atoms with Gasteiger partial charge in [0, 0.05) is 37.8 Å². The number of carbonyl (C=O) groups excluding carboxylic acids is 1. The number of nitrogens with zero attached hydrogens (tertiary/aromatic N) is 5. The molecule has 2 aliphatic heterocycles. The number of rotatable bonds is 3. The average Bonchev–Trinajstić information content (AvgIpc) is 3.33. The quantitative estimate of drug-likeness (QED) is 0.758. The molecule has 0 aromatic carbocycles. The molecule has 148 valence electrons. The summed E-state index contributed by atoms with van der Waals surface area (Å²) in [5.74, 6) is 1.00. The Morgan fingerprint density at radius 3 is 2.75 bits per heavy atom. The van der Waals surface area contributed by atoms with E-state index in [1.807, 2.05) is 28.8 Å². The summed E-state index contributed by atoms with van der Waals surface area (Å²) in [6, 6.07) is 2.68. The maximum Gasteiger partial charge on any atom is 0.230 e. The first-order chi connectivity index (χ1) is 13.7. The van der Waals surface area contributed by atoms with Gasteiger partial charge in [-0.05, 0) is 44.8 Å². The van der Waals surface area contributed by atoms with Gasteiger partial charge in [0.05, 0.1) is 18.1 Å². The highest BCUT2D eigenvalue weighted by atomic mass is 16.2. The zero-order valence-electron chi connectivity index (χ0n) is 16.5. The van der Waals surface area contributed by atoms with Crippen molar-refractivity contribution in [3.05, 3.63) is 24.3 Å². The van der Waals surface area contributed by atoms with E-state index in [0.29, 0.717) is 12.5 Å². The second-order valence-corrected chi connectivity index (χ2v) is 8.20. The Morgan fingerprint density at radius 2 is 1.96 bits per heavy atom. The minimum atomic E-state index is 0.189. The van der Waals surface area contributed by atoms with Gasteiger partial charge in [-0.1, -0.05) is 6.42 Å². The number of hydrogen-bond donors (Lipinski definition) is 1. The predicted octanol–water partition coefficient (Wildman–Crippen LogP) is 2.47. The van der Waals surface area contributed by atoms with Crippen LogP contribution in [0.25, 0.3) is 22.1 Å². The predicted molar refractivity (Wildman–Crippen MR) is 109 cm³/mol. The first-order valence-electron chi connectivity index (χ1n) is 10.5. The average molecular weight is 380 g/mol. The lowest BCUT2D eigenvalue weighted by atomic mass is 9.99. The SMILES string of the molecule is Cn1c(CC(=O)N2CCC(N3CCCCC3)CC2)nc2cnc3[nH]ccc3c21. The van der Waals surface area contributed by atoms with E-state index in [9.17, 15) is 4.79 Å². The molecule has 0 aliphatic carbocycles. The molecular formula is C21H28N6O. The van der Waals surface area contributed by atoms with Gasteiger partial charge in [0.15, 0.2) is 0 Å². The van der Waals surface area contributed by atoms with E-state index in [4.69, 9.17) is 4.98 Å². The number of aromatic amines is 1. The third kappa shape index (κ3) is 3.07. The van der Waals surface area contributed by atoms with Crippen molar-refractivity contribution in [2.75, 3.05) is 26.2 Å². The smallest absolute Gasteiger partial charge is 0.230 e. The first kappa shape index (κ1) is 17.7. The van der Waals surface area contributed by atoms with Crippen molar-refractivity contribution < 1.29 is 4.79 Å². The maximum absolute atomic E-state index is 12.9. The fourth-order valence-electron chi connectivity index (χ4n) is 4.93. The third-order valence-corrected chi connectivity index (χ3v) is 6.54. The van der Waals surface area contributed by atoms with Crippen molar-refractivity contribution in [3.63, 3.8) is 0 Å². The van der Waals surface area contributed by atoms with Crippen LogP contribution in [-0.4, -0.2) is 67.4 Å². The van der Waals surface area contributed by atoms with Gasteiger partial charge >= 0.3 is 0 Å². The van der Waals surface area contributed by atoms with Crippen LogP contribution in [-0.2, 0) is 18.3 Å².